The quantitative estimate of drug-likeness (QED) is 0.512. The number of carbonyl (C=O) groups excluding carboxylic acids is 2. The Kier molecular flexibility index (Phi) is 5.39. The molecule has 0 fully saturated rings. The van der Waals surface area contributed by atoms with E-state index in [2.05, 4.69) is 5.32 Å². The molecule has 0 radical (unpaired) electrons. The second-order valence-corrected chi connectivity index (χ2v) is 5.58. The van der Waals surface area contributed by atoms with E-state index in [1.165, 1.54) is 6.26 Å². The zero-order valence-electron chi connectivity index (χ0n) is 13.6. The molecule has 25 heavy (non-hydrogen) atoms. The average molecular weight is 335 g/mol. The highest BCUT2D eigenvalue weighted by Gasteiger charge is 2.26. The van der Waals surface area contributed by atoms with Crippen molar-refractivity contribution in [1.29, 1.82) is 0 Å². The van der Waals surface area contributed by atoms with Crippen LogP contribution in [0.5, 0.6) is 0 Å². The van der Waals surface area contributed by atoms with E-state index in [0.29, 0.717) is 12.1 Å². The Hall–Kier alpha value is -3.18. The van der Waals surface area contributed by atoms with Crippen LogP contribution < -0.4 is 10.6 Å². The van der Waals surface area contributed by atoms with Crippen molar-refractivity contribution < 1.29 is 19.3 Å². The number of nitrogens with two attached hydrogens (primary N) is 1. The molecule has 1 atom stereocenters. The first-order valence-corrected chi connectivity index (χ1v) is 8.05. The number of nitrogens with one attached hydrogen (secondary N) is 1. The third-order valence-corrected chi connectivity index (χ3v) is 3.80. The molecule has 0 saturated heterocycles. The molecule has 0 spiro atoms. The second-order valence-electron chi connectivity index (χ2n) is 5.58. The van der Waals surface area contributed by atoms with Crippen LogP contribution in [0.4, 0.5) is 0 Å². The van der Waals surface area contributed by atoms with Crippen LogP contribution in [0.25, 0.3) is 0 Å². The molecule has 3 aromatic rings. The number of hydrogen-bond acceptors (Lipinski definition) is 3. The minimum Gasteiger partial charge on any atom is -0.459 e. The number of amides is 1. The largest absolute Gasteiger partial charge is 0.459 e. The number of rotatable bonds is 7. The lowest BCUT2D eigenvalue weighted by molar-refractivity contribution is -0.693. The van der Waals surface area contributed by atoms with E-state index >= 15 is 0 Å². The first-order chi connectivity index (χ1) is 12.2. The third kappa shape index (κ3) is 4.43. The second kappa shape index (κ2) is 8.08. The Labute approximate surface area is 145 Å². The molecular formula is C20H19N2O3+. The van der Waals surface area contributed by atoms with Gasteiger partial charge in [0.25, 0.3) is 5.91 Å². The van der Waals surface area contributed by atoms with Crippen molar-refractivity contribution in [1.82, 2.24) is 5.32 Å². The summed E-state index contributed by atoms with van der Waals surface area (Å²) in [7, 11) is 0. The molecule has 1 aromatic heterocycles. The van der Waals surface area contributed by atoms with E-state index in [4.69, 9.17) is 4.42 Å². The first kappa shape index (κ1) is 16.7. The molecule has 0 bridgehead atoms. The summed E-state index contributed by atoms with van der Waals surface area (Å²) in [6.07, 6.45) is 0.691. The fourth-order valence-corrected chi connectivity index (χ4v) is 2.50. The smallest absolute Gasteiger partial charge is 0.291 e. The predicted octanol–water partition coefficient (Wildman–Crippen LogP) is 1.98. The minimum absolute atomic E-state index is 0.156. The van der Waals surface area contributed by atoms with Gasteiger partial charge < -0.3 is 9.73 Å². The summed E-state index contributed by atoms with van der Waals surface area (Å²) >= 11 is 0. The number of quaternary nitrogens is 1. The van der Waals surface area contributed by atoms with Crippen LogP contribution >= 0.6 is 0 Å². The lowest BCUT2D eigenvalue weighted by Gasteiger charge is -2.16. The normalized spacial score (nSPS) is 11.7. The van der Waals surface area contributed by atoms with E-state index in [-0.39, 0.29) is 11.5 Å². The molecule has 0 aliphatic heterocycles. The average Bonchev–Trinajstić information content (AvgIpc) is 3.21. The SMILES string of the molecule is O=C(N[C@H]([NH2+]Cc1ccccc1)C(=O)c1ccccc1)c1ccco1. The van der Waals surface area contributed by atoms with E-state index in [1.807, 2.05) is 41.7 Å². The van der Waals surface area contributed by atoms with Crippen molar-refractivity contribution in [2.45, 2.75) is 12.7 Å². The van der Waals surface area contributed by atoms with Crippen molar-refractivity contribution in [2.75, 3.05) is 0 Å². The molecule has 1 heterocycles. The lowest BCUT2D eigenvalue weighted by atomic mass is 10.1. The maximum absolute atomic E-state index is 12.8. The number of carbonyl (C=O) groups is 2. The standard InChI is InChI=1S/C20H18N2O3/c23-18(16-10-5-2-6-11-16)19(21-14-15-8-3-1-4-9-15)22-20(24)17-12-7-13-25-17/h1-13,19,21H,14H2,(H,22,24)/p+1/t19-/m0/s1. The molecule has 3 N–H and O–H groups in total. The van der Waals surface area contributed by atoms with E-state index < -0.39 is 12.1 Å². The molecule has 0 aliphatic rings. The molecule has 0 saturated carbocycles. The number of Topliss-reactive ketones (excluding diaryl/α,β-unsaturated/α-hetero) is 1. The van der Waals surface area contributed by atoms with Gasteiger partial charge in [0.05, 0.1) is 6.26 Å². The number of hydrogen-bond donors (Lipinski definition) is 2. The maximum Gasteiger partial charge on any atom is 0.291 e. The molecule has 5 heteroatoms. The Morgan fingerprint density at radius 1 is 0.920 bits per heavy atom. The summed E-state index contributed by atoms with van der Waals surface area (Å²) in [5.41, 5.74) is 1.62. The Bertz CT molecular complexity index is 815. The summed E-state index contributed by atoms with van der Waals surface area (Å²) in [5, 5.41) is 4.56. The van der Waals surface area contributed by atoms with Crippen molar-refractivity contribution >= 4 is 11.7 Å². The van der Waals surface area contributed by atoms with Gasteiger partial charge in [-0.3, -0.25) is 14.9 Å². The van der Waals surface area contributed by atoms with Crippen molar-refractivity contribution in [2.24, 2.45) is 0 Å². The third-order valence-electron chi connectivity index (χ3n) is 3.80. The van der Waals surface area contributed by atoms with Gasteiger partial charge in [-0.25, -0.2) is 0 Å². The van der Waals surface area contributed by atoms with Crippen LogP contribution in [0.2, 0.25) is 0 Å². The van der Waals surface area contributed by atoms with Gasteiger partial charge in [-0.05, 0) is 12.1 Å². The van der Waals surface area contributed by atoms with Crippen molar-refractivity contribution in [3.05, 3.63) is 95.9 Å². The lowest BCUT2D eigenvalue weighted by Crippen LogP contribution is -2.94. The van der Waals surface area contributed by atoms with Gasteiger partial charge in [0, 0.05) is 11.1 Å². The van der Waals surface area contributed by atoms with Gasteiger partial charge in [-0.1, -0.05) is 60.7 Å². The Morgan fingerprint density at radius 2 is 1.60 bits per heavy atom. The van der Waals surface area contributed by atoms with Crippen LogP contribution in [-0.2, 0) is 6.54 Å². The van der Waals surface area contributed by atoms with Crippen LogP contribution in [-0.4, -0.2) is 17.9 Å². The zero-order chi connectivity index (χ0) is 17.5. The van der Waals surface area contributed by atoms with Crippen molar-refractivity contribution in [3.8, 4) is 0 Å². The Morgan fingerprint density at radius 3 is 2.24 bits per heavy atom. The Balaban J connectivity index is 1.75. The summed E-state index contributed by atoms with van der Waals surface area (Å²) in [4.78, 5) is 25.1. The monoisotopic (exact) mass is 335 g/mol. The summed E-state index contributed by atoms with van der Waals surface area (Å²) in [6.45, 7) is 0.572. The van der Waals surface area contributed by atoms with Gasteiger partial charge in [0.15, 0.2) is 5.76 Å². The first-order valence-electron chi connectivity index (χ1n) is 8.05. The summed E-state index contributed by atoms with van der Waals surface area (Å²) in [6, 6.07) is 21.9. The number of furan rings is 1. The predicted molar refractivity (Wildman–Crippen MR) is 92.8 cm³/mol. The maximum atomic E-state index is 12.8. The molecular weight excluding hydrogens is 316 g/mol. The highest BCUT2D eigenvalue weighted by atomic mass is 16.3. The highest BCUT2D eigenvalue weighted by molar-refractivity contribution is 6.02. The minimum atomic E-state index is -0.736. The van der Waals surface area contributed by atoms with E-state index in [1.54, 1.807) is 36.4 Å². The van der Waals surface area contributed by atoms with E-state index in [0.717, 1.165) is 5.56 Å². The fraction of sp³-hybridized carbons (Fsp3) is 0.100. The molecule has 0 unspecified atom stereocenters. The van der Waals surface area contributed by atoms with Gasteiger partial charge in [0.2, 0.25) is 11.9 Å². The van der Waals surface area contributed by atoms with E-state index in [9.17, 15) is 9.59 Å². The molecule has 3 rings (SSSR count). The van der Waals surface area contributed by atoms with Gasteiger partial charge in [-0.2, -0.15) is 0 Å². The van der Waals surface area contributed by atoms with Crippen LogP contribution in [0, 0.1) is 0 Å². The fourth-order valence-electron chi connectivity index (χ4n) is 2.50. The number of benzene rings is 2. The van der Waals surface area contributed by atoms with Crippen LogP contribution in [0.1, 0.15) is 26.5 Å². The number of ketones is 1. The topological polar surface area (TPSA) is 75.9 Å². The molecule has 5 nitrogen and oxygen atoms in total. The molecule has 1 amide bonds. The summed E-state index contributed by atoms with van der Waals surface area (Å²) < 4.78 is 5.11. The van der Waals surface area contributed by atoms with Crippen LogP contribution in [0.3, 0.4) is 0 Å². The highest BCUT2D eigenvalue weighted by Crippen LogP contribution is 2.04. The summed E-state index contributed by atoms with van der Waals surface area (Å²) in [5.74, 6) is -0.390. The molecule has 0 aliphatic carbocycles. The van der Waals surface area contributed by atoms with Gasteiger partial charge >= 0.3 is 0 Å². The van der Waals surface area contributed by atoms with Crippen molar-refractivity contribution in [3.63, 3.8) is 0 Å². The molecule has 126 valence electrons. The van der Waals surface area contributed by atoms with Crippen LogP contribution in [0.15, 0.2) is 83.5 Å². The van der Waals surface area contributed by atoms with Gasteiger partial charge in [0.1, 0.15) is 6.54 Å². The zero-order valence-corrected chi connectivity index (χ0v) is 13.6. The molecule has 2 aromatic carbocycles. The van der Waals surface area contributed by atoms with Gasteiger partial charge in [-0.15, -0.1) is 0 Å².